The predicted octanol–water partition coefficient (Wildman–Crippen LogP) is 3.61. The van der Waals surface area contributed by atoms with E-state index in [1.807, 2.05) is 45.0 Å². The van der Waals surface area contributed by atoms with Crippen molar-refractivity contribution < 1.29 is 14.3 Å². The fourth-order valence-electron chi connectivity index (χ4n) is 2.51. The van der Waals surface area contributed by atoms with Crippen molar-refractivity contribution in [2.75, 3.05) is 7.11 Å². The van der Waals surface area contributed by atoms with Gasteiger partial charge in [0.1, 0.15) is 5.75 Å². The summed E-state index contributed by atoms with van der Waals surface area (Å²) in [5.41, 5.74) is 7.38. The van der Waals surface area contributed by atoms with E-state index in [4.69, 9.17) is 4.74 Å². The van der Waals surface area contributed by atoms with Gasteiger partial charge in [0.2, 0.25) is 0 Å². The van der Waals surface area contributed by atoms with Crippen LogP contribution in [0.4, 0.5) is 4.79 Å². The second kappa shape index (κ2) is 8.40. The maximum Gasteiger partial charge on any atom is 0.334 e. The molecule has 2 aromatic carbocycles. The van der Waals surface area contributed by atoms with Gasteiger partial charge in [0.15, 0.2) is 0 Å². The van der Waals surface area contributed by atoms with Gasteiger partial charge in [-0.25, -0.2) is 10.2 Å². The third-order valence-electron chi connectivity index (χ3n) is 4.12. The second-order valence-electron chi connectivity index (χ2n) is 6.75. The smallest absolute Gasteiger partial charge is 0.334 e. The number of carbonyl (C=O) groups excluding carboxylic acids is 2. The molecule has 2 rings (SSSR count). The molecule has 3 amide bonds. The maximum atomic E-state index is 12.2. The summed E-state index contributed by atoms with van der Waals surface area (Å²) >= 11 is 0. The van der Waals surface area contributed by atoms with Crippen LogP contribution in [0.25, 0.3) is 5.57 Å². The summed E-state index contributed by atoms with van der Waals surface area (Å²) in [7, 11) is 1.52. The van der Waals surface area contributed by atoms with E-state index in [1.54, 1.807) is 24.3 Å². The minimum atomic E-state index is -0.643. The van der Waals surface area contributed by atoms with E-state index in [0.717, 1.165) is 16.7 Å². The molecule has 0 unspecified atom stereocenters. The van der Waals surface area contributed by atoms with E-state index < -0.39 is 17.5 Å². The van der Waals surface area contributed by atoms with Gasteiger partial charge in [0.05, 0.1) is 12.6 Å². The Labute approximate surface area is 159 Å². The Morgan fingerprint density at radius 2 is 1.67 bits per heavy atom. The van der Waals surface area contributed by atoms with Crippen molar-refractivity contribution in [3.8, 4) is 5.75 Å². The van der Waals surface area contributed by atoms with Crippen molar-refractivity contribution in [3.05, 3.63) is 71.8 Å². The first kappa shape index (κ1) is 20.0. The Bertz CT molecular complexity index is 859. The lowest BCUT2D eigenvalue weighted by molar-refractivity contribution is 0.0934. The maximum absolute atomic E-state index is 12.2. The lowest BCUT2D eigenvalue weighted by Gasteiger charge is -2.27. The van der Waals surface area contributed by atoms with Crippen LogP contribution in [-0.2, 0) is 5.54 Å². The highest BCUT2D eigenvalue weighted by atomic mass is 16.5. The summed E-state index contributed by atoms with van der Waals surface area (Å²) in [5, 5.41) is 2.85. The van der Waals surface area contributed by atoms with Crippen LogP contribution < -0.4 is 20.9 Å². The molecule has 0 bridgehead atoms. The molecule has 0 saturated heterocycles. The Hall–Kier alpha value is -3.28. The van der Waals surface area contributed by atoms with Crippen molar-refractivity contribution in [1.82, 2.24) is 16.2 Å². The van der Waals surface area contributed by atoms with Crippen LogP contribution in [0, 0.1) is 0 Å². The summed E-state index contributed by atoms with van der Waals surface area (Å²) in [6.07, 6.45) is 0. The molecular weight excluding hydrogens is 342 g/mol. The summed E-state index contributed by atoms with van der Waals surface area (Å²) in [5.74, 6) is 0.122. The minimum absolute atomic E-state index is 0.378. The number of amides is 3. The lowest BCUT2D eigenvalue weighted by atomic mass is 9.92. The second-order valence-corrected chi connectivity index (χ2v) is 6.75. The standard InChI is InChI=1S/C21H25N3O3/c1-14(2)15-8-6-10-17(12-15)21(3,4)22-20(26)24-23-19(25)16-9-7-11-18(13-16)27-5/h6-13H,1H2,2-5H3,(H,23,25)(H2,22,24,26). The fraction of sp³-hybridized carbons (Fsp3) is 0.238. The molecule has 0 aliphatic heterocycles. The van der Waals surface area contributed by atoms with Gasteiger partial charge >= 0.3 is 6.03 Å². The van der Waals surface area contributed by atoms with Crippen LogP contribution in [0.2, 0.25) is 0 Å². The topological polar surface area (TPSA) is 79.5 Å². The molecule has 142 valence electrons. The molecule has 0 fully saturated rings. The van der Waals surface area contributed by atoms with Gasteiger partial charge in [-0.1, -0.05) is 36.4 Å². The van der Waals surface area contributed by atoms with Crippen LogP contribution in [0.1, 0.15) is 42.3 Å². The fourth-order valence-corrected chi connectivity index (χ4v) is 2.51. The van der Waals surface area contributed by atoms with Gasteiger partial charge in [-0.3, -0.25) is 10.2 Å². The molecule has 0 saturated carbocycles. The summed E-state index contributed by atoms with van der Waals surface area (Å²) < 4.78 is 5.09. The molecule has 2 aromatic rings. The molecule has 27 heavy (non-hydrogen) atoms. The molecule has 0 spiro atoms. The summed E-state index contributed by atoms with van der Waals surface area (Å²) in [6.45, 7) is 9.64. The predicted molar refractivity (Wildman–Crippen MR) is 106 cm³/mol. The van der Waals surface area contributed by atoms with Crippen molar-refractivity contribution in [3.63, 3.8) is 0 Å². The van der Waals surface area contributed by atoms with Gasteiger partial charge in [-0.2, -0.15) is 0 Å². The first-order chi connectivity index (χ1) is 12.7. The first-order valence-electron chi connectivity index (χ1n) is 8.52. The summed E-state index contributed by atoms with van der Waals surface area (Å²) in [6, 6.07) is 13.9. The highest BCUT2D eigenvalue weighted by Gasteiger charge is 2.23. The molecule has 0 aliphatic carbocycles. The quantitative estimate of drug-likeness (QED) is 0.707. The average Bonchev–Trinajstić information content (AvgIpc) is 2.65. The normalized spacial score (nSPS) is 10.7. The van der Waals surface area contributed by atoms with Gasteiger partial charge in [-0.15, -0.1) is 0 Å². The number of rotatable bonds is 5. The van der Waals surface area contributed by atoms with E-state index in [0.29, 0.717) is 11.3 Å². The minimum Gasteiger partial charge on any atom is -0.497 e. The van der Waals surface area contributed by atoms with Crippen molar-refractivity contribution in [2.45, 2.75) is 26.3 Å². The molecule has 0 radical (unpaired) electrons. The third-order valence-corrected chi connectivity index (χ3v) is 4.12. The molecule has 0 heterocycles. The molecule has 3 N–H and O–H groups in total. The number of allylic oxidation sites excluding steroid dienone is 1. The number of urea groups is 1. The SMILES string of the molecule is C=C(C)c1cccc(C(C)(C)NC(=O)NNC(=O)c2cccc(OC)c2)c1. The van der Waals surface area contributed by atoms with Gasteiger partial charge in [0.25, 0.3) is 5.91 Å². The molecule has 0 aromatic heterocycles. The lowest BCUT2D eigenvalue weighted by Crippen LogP contribution is -2.52. The Morgan fingerprint density at radius 3 is 2.33 bits per heavy atom. The zero-order valence-corrected chi connectivity index (χ0v) is 16.1. The Kier molecular flexibility index (Phi) is 6.23. The highest BCUT2D eigenvalue weighted by molar-refractivity contribution is 5.95. The van der Waals surface area contributed by atoms with Crippen molar-refractivity contribution in [1.29, 1.82) is 0 Å². The largest absolute Gasteiger partial charge is 0.497 e. The number of hydrazine groups is 1. The third kappa shape index (κ3) is 5.34. The molecular formula is C21H25N3O3. The van der Waals surface area contributed by atoms with E-state index in [2.05, 4.69) is 22.7 Å². The number of methoxy groups -OCH3 is 1. The number of nitrogens with one attached hydrogen (secondary N) is 3. The first-order valence-corrected chi connectivity index (χ1v) is 8.52. The number of ether oxygens (including phenoxy) is 1. The van der Waals surface area contributed by atoms with Gasteiger partial charge in [0, 0.05) is 5.56 Å². The number of carbonyl (C=O) groups is 2. The Balaban J connectivity index is 1.98. The van der Waals surface area contributed by atoms with E-state index in [-0.39, 0.29) is 0 Å². The zero-order valence-electron chi connectivity index (χ0n) is 16.1. The highest BCUT2D eigenvalue weighted by Crippen LogP contribution is 2.23. The number of benzene rings is 2. The number of hydrogen-bond acceptors (Lipinski definition) is 3. The van der Waals surface area contributed by atoms with E-state index in [1.165, 1.54) is 7.11 Å². The monoisotopic (exact) mass is 367 g/mol. The Morgan fingerprint density at radius 1 is 1.00 bits per heavy atom. The van der Waals surface area contributed by atoms with Gasteiger partial charge < -0.3 is 10.1 Å². The number of hydrogen-bond donors (Lipinski definition) is 3. The van der Waals surface area contributed by atoms with Crippen LogP contribution in [0.15, 0.2) is 55.1 Å². The molecule has 0 aliphatic rings. The zero-order chi connectivity index (χ0) is 20.0. The van der Waals surface area contributed by atoms with Crippen molar-refractivity contribution >= 4 is 17.5 Å². The summed E-state index contributed by atoms with van der Waals surface area (Å²) in [4.78, 5) is 24.4. The van der Waals surface area contributed by atoms with Crippen LogP contribution >= 0.6 is 0 Å². The van der Waals surface area contributed by atoms with Crippen LogP contribution in [0.5, 0.6) is 5.75 Å². The van der Waals surface area contributed by atoms with Crippen LogP contribution in [-0.4, -0.2) is 19.0 Å². The average molecular weight is 367 g/mol. The van der Waals surface area contributed by atoms with E-state index in [9.17, 15) is 9.59 Å². The van der Waals surface area contributed by atoms with E-state index >= 15 is 0 Å². The molecule has 6 nitrogen and oxygen atoms in total. The molecule has 6 heteroatoms. The van der Waals surface area contributed by atoms with Crippen molar-refractivity contribution in [2.24, 2.45) is 0 Å². The van der Waals surface area contributed by atoms with Gasteiger partial charge in [-0.05, 0) is 56.2 Å². The van der Waals surface area contributed by atoms with Crippen LogP contribution in [0.3, 0.4) is 0 Å². The molecule has 0 atom stereocenters.